The molecule has 4 saturated heterocycles. The lowest BCUT2D eigenvalue weighted by atomic mass is 9.84. The lowest BCUT2D eigenvalue weighted by molar-refractivity contribution is -0.246. The van der Waals surface area contributed by atoms with Gasteiger partial charge >= 0.3 is 5.97 Å². The lowest BCUT2D eigenvalue weighted by Crippen LogP contribution is -2.54. The average Bonchev–Trinajstić information content (AvgIpc) is 3.09. The summed E-state index contributed by atoms with van der Waals surface area (Å²) >= 11 is 3.85. The molecule has 1 unspecified atom stereocenters. The summed E-state index contributed by atoms with van der Waals surface area (Å²) in [6, 6.07) is 0. The van der Waals surface area contributed by atoms with Crippen LogP contribution in [0.2, 0.25) is 19.6 Å². The molecule has 4 aliphatic rings. The van der Waals surface area contributed by atoms with E-state index in [0.717, 1.165) is 38.5 Å². The lowest BCUT2D eigenvalue weighted by Gasteiger charge is -2.46. The third kappa shape index (κ3) is 8.20. The van der Waals surface area contributed by atoms with Crippen molar-refractivity contribution in [2.24, 2.45) is 0 Å². The maximum absolute atomic E-state index is 11.8. The summed E-state index contributed by atoms with van der Waals surface area (Å²) in [6.07, 6.45) is 7.96. The predicted octanol–water partition coefficient (Wildman–Crippen LogP) is 7.00. The monoisotopic (exact) mass is 702 g/mol. The van der Waals surface area contributed by atoms with Crippen molar-refractivity contribution < 1.29 is 38.0 Å². The molecule has 0 aromatic rings. The van der Waals surface area contributed by atoms with E-state index in [9.17, 15) is 9.90 Å². The van der Waals surface area contributed by atoms with Crippen LogP contribution in [0.4, 0.5) is 0 Å². The summed E-state index contributed by atoms with van der Waals surface area (Å²) in [5.74, 6) is -0.290. The van der Waals surface area contributed by atoms with Gasteiger partial charge in [-0.1, -0.05) is 28.1 Å². The summed E-state index contributed by atoms with van der Waals surface area (Å²) < 4.78 is 39.5. The zero-order chi connectivity index (χ0) is 32.9. The highest BCUT2D eigenvalue weighted by Crippen LogP contribution is 2.48. The Labute approximate surface area is 275 Å². The van der Waals surface area contributed by atoms with E-state index >= 15 is 0 Å². The number of ether oxygens (including phenoxy) is 5. The van der Waals surface area contributed by atoms with Crippen molar-refractivity contribution >= 4 is 30.2 Å². The SMILES string of the molecule is CC(=O)O[C@@H]1CC[C@]2(C)O[C@@H]3CC[C@@H](C(O)/C=C/[C@@H]4OC(C)(C)[C@H](Br)CC[C@]4(C)O[Si](C)(C)C)O[C@@]3(C)CC[C@H]2OC1(C)C. The third-order valence-electron chi connectivity index (χ3n) is 10.3. The van der Waals surface area contributed by atoms with Crippen LogP contribution in [0, 0.1) is 0 Å². The van der Waals surface area contributed by atoms with Gasteiger partial charge in [0.25, 0.3) is 0 Å². The Morgan fingerprint density at radius 2 is 1.45 bits per heavy atom. The maximum Gasteiger partial charge on any atom is 0.303 e. The number of hydrogen-bond donors (Lipinski definition) is 1. The Morgan fingerprint density at radius 3 is 2.09 bits per heavy atom. The minimum absolute atomic E-state index is 0.128. The molecule has 4 rings (SSSR count). The molecule has 0 bridgehead atoms. The second kappa shape index (κ2) is 12.9. The quantitative estimate of drug-likeness (QED) is 0.137. The third-order valence-corrected chi connectivity index (χ3v) is 13.0. The number of fused-ring (bicyclic) bond motifs is 2. The molecular formula is C34H59BrO8Si. The predicted molar refractivity (Wildman–Crippen MR) is 178 cm³/mol. The van der Waals surface area contributed by atoms with E-state index in [0.29, 0.717) is 12.8 Å². The van der Waals surface area contributed by atoms with Crippen molar-refractivity contribution in [2.75, 3.05) is 0 Å². The molecule has 10 atom stereocenters. The Balaban J connectivity index is 1.48. The summed E-state index contributed by atoms with van der Waals surface area (Å²) in [5.41, 5.74) is -2.60. The molecule has 254 valence electrons. The second-order valence-corrected chi connectivity index (χ2v) is 21.9. The number of esters is 1. The molecule has 0 radical (unpaired) electrons. The van der Waals surface area contributed by atoms with Gasteiger partial charge in [-0.15, -0.1) is 0 Å². The van der Waals surface area contributed by atoms with E-state index in [2.05, 4.69) is 70.2 Å². The topological polar surface area (TPSA) is 92.7 Å². The standard InChI is InChI=1S/C34H59BrO8Si/c1-22(36)38-26-17-20-33(7)29(41-31(26,4)5)18-21-32(6)27(42-33)15-13-24(39-32)23(37)12-14-28-34(8,43-44(9,10)11)19-16-25(35)30(2,3)40-28/h12,14,23-29,37H,13,15-21H2,1-11H3/b14-12+/t23?,24-,25+,26+,27+,28-,29+,32-,33-,34-/m0/s1. The minimum atomic E-state index is -1.88. The van der Waals surface area contributed by atoms with Gasteiger partial charge in [0.15, 0.2) is 8.32 Å². The van der Waals surface area contributed by atoms with Crippen LogP contribution >= 0.6 is 15.9 Å². The Hall–Kier alpha value is -0.333. The molecule has 0 aromatic heterocycles. The molecular weight excluding hydrogens is 644 g/mol. The van der Waals surface area contributed by atoms with Crippen molar-refractivity contribution in [3.05, 3.63) is 12.2 Å². The highest BCUT2D eigenvalue weighted by atomic mass is 79.9. The minimum Gasteiger partial charge on any atom is -0.460 e. The first-order valence-electron chi connectivity index (χ1n) is 16.7. The average molecular weight is 704 g/mol. The first kappa shape index (κ1) is 36.5. The Morgan fingerprint density at radius 1 is 0.841 bits per heavy atom. The van der Waals surface area contributed by atoms with E-state index in [4.69, 9.17) is 28.1 Å². The van der Waals surface area contributed by atoms with Crippen LogP contribution in [0.5, 0.6) is 0 Å². The zero-order valence-electron chi connectivity index (χ0n) is 29.0. The van der Waals surface area contributed by atoms with Gasteiger partial charge in [0.05, 0.1) is 52.4 Å². The number of carbonyl (C=O) groups is 1. The number of hydrogen-bond acceptors (Lipinski definition) is 8. The largest absolute Gasteiger partial charge is 0.460 e. The summed E-state index contributed by atoms with van der Waals surface area (Å²) in [5, 5.41) is 11.5. The molecule has 10 heteroatoms. The van der Waals surface area contributed by atoms with Crippen molar-refractivity contribution in [1.29, 1.82) is 0 Å². The van der Waals surface area contributed by atoms with E-state index in [1.165, 1.54) is 6.92 Å². The van der Waals surface area contributed by atoms with Crippen LogP contribution in [0.15, 0.2) is 12.2 Å². The molecule has 44 heavy (non-hydrogen) atoms. The zero-order valence-corrected chi connectivity index (χ0v) is 31.6. The molecule has 0 aromatic carbocycles. The smallest absolute Gasteiger partial charge is 0.303 e. The van der Waals surface area contributed by atoms with E-state index in [1.54, 1.807) is 0 Å². The van der Waals surface area contributed by atoms with Gasteiger partial charge < -0.3 is 33.2 Å². The van der Waals surface area contributed by atoms with Gasteiger partial charge in [0, 0.05) is 11.8 Å². The number of halogens is 1. The van der Waals surface area contributed by atoms with Crippen molar-refractivity contribution in [2.45, 2.75) is 196 Å². The molecule has 4 aliphatic heterocycles. The van der Waals surface area contributed by atoms with Crippen LogP contribution in [0.1, 0.15) is 107 Å². The Kier molecular flexibility index (Phi) is 10.7. The first-order chi connectivity index (χ1) is 20.1. The fourth-order valence-electron chi connectivity index (χ4n) is 7.70. The van der Waals surface area contributed by atoms with Gasteiger partial charge in [0.2, 0.25) is 0 Å². The Bertz CT molecular complexity index is 1060. The second-order valence-electron chi connectivity index (χ2n) is 16.4. The van der Waals surface area contributed by atoms with Gasteiger partial charge in [-0.2, -0.15) is 0 Å². The van der Waals surface area contributed by atoms with Gasteiger partial charge in [-0.25, -0.2) is 0 Å². The molecule has 4 heterocycles. The van der Waals surface area contributed by atoms with Gasteiger partial charge in [-0.05, 0) is 119 Å². The number of aliphatic hydroxyl groups excluding tert-OH is 1. The summed E-state index contributed by atoms with van der Waals surface area (Å²) in [7, 11) is -1.88. The van der Waals surface area contributed by atoms with Crippen molar-refractivity contribution in [3.8, 4) is 0 Å². The number of rotatable bonds is 6. The maximum atomic E-state index is 11.8. The fourth-order valence-corrected chi connectivity index (χ4v) is 9.65. The molecule has 4 fully saturated rings. The van der Waals surface area contributed by atoms with Crippen molar-refractivity contribution in [1.82, 2.24) is 0 Å². The van der Waals surface area contributed by atoms with Crippen LogP contribution in [-0.2, 0) is 32.9 Å². The van der Waals surface area contributed by atoms with E-state index < -0.39 is 36.8 Å². The van der Waals surface area contributed by atoms with Gasteiger partial charge in [-0.3, -0.25) is 4.79 Å². The normalized spacial score (nSPS) is 43.6. The van der Waals surface area contributed by atoms with Crippen LogP contribution in [0.25, 0.3) is 0 Å². The van der Waals surface area contributed by atoms with Crippen molar-refractivity contribution in [3.63, 3.8) is 0 Å². The van der Waals surface area contributed by atoms with Gasteiger partial charge in [0.1, 0.15) is 12.2 Å². The molecule has 0 amide bonds. The number of aliphatic hydroxyl groups is 1. The fraction of sp³-hybridized carbons (Fsp3) is 0.912. The molecule has 8 nitrogen and oxygen atoms in total. The number of carbonyl (C=O) groups excluding carboxylic acids is 1. The molecule has 0 aliphatic carbocycles. The molecule has 1 N–H and O–H groups in total. The van der Waals surface area contributed by atoms with E-state index in [1.807, 2.05) is 26.0 Å². The number of alkyl halides is 1. The van der Waals surface area contributed by atoms with Crippen LogP contribution in [-0.4, -0.2) is 88.8 Å². The highest BCUT2D eigenvalue weighted by molar-refractivity contribution is 9.09. The molecule has 0 saturated carbocycles. The summed E-state index contributed by atoms with van der Waals surface area (Å²) in [4.78, 5) is 12.0. The summed E-state index contributed by atoms with van der Waals surface area (Å²) in [6.45, 7) is 22.7. The first-order valence-corrected chi connectivity index (χ1v) is 21.0. The van der Waals surface area contributed by atoms with Crippen LogP contribution < -0.4 is 0 Å². The van der Waals surface area contributed by atoms with E-state index in [-0.39, 0.29) is 46.9 Å². The molecule has 0 spiro atoms. The van der Waals surface area contributed by atoms with Crippen LogP contribution in [0.3, 0.4) is 0 Å². The highest BCUT2D eigenvalue weighted by Gasteiger charge is 2.55.